The van der Waals surface area contributed by atoms with E-state index in [4.69, 9.17) is 12.2 Å². The minimum absolute atomic E-state index is 0.708. The Morgan fingerprint density at radius 1 is 1.30 bits per heavy atom. The fraction of sp³-hybridized carbons (Fsp3) is 0.533. The summed E-state index contributed by atoms with van der Waals surface area (Å²) < 4.78 is 2.82. The number of aromatic nitrogens is 4. The van der Waals surface area contributed by atoms with E-state index >= 15 is 0 Å². The predicted molar refractivity (Wildman–Crippen MR) is 81.8 cm³/mol. The van der Waals surface area contributed by atoms with Gasteiger partial charge in [-0.25, -0.2) is 0 Å². The Hall–Kier alpha value is -1.49. The van der Waals surface area contributed by atoms with Crippen molar-refractivity contribution in [1.29, 1.82) is 0 Å². The lowest BCUT2D eigenvalue weighted by molar-refractivity contribution is 0.324. The van der Waals surface area contributed by atoms with Gasteiger partial charge in [-0.2, -0.15) is 5.10 Å². The number of rotatable bonds is 4. The Balaban J connectivity index is 1.76. The van der Waals surface area contributed by atoms with E-state index < -0.39 is 0 Å². The van der Waals surface area contributed by atoms with Crippen LogP contribution >= 0.6 is 12.2 Å². The Morgan fingerprint density at radius 3 is 2.90 bits per heavy atom. The molecular formula is C15H20N4S. The van der Waals surface area contributed by atoms with Crippen molar-refractivity contribution in [2.24, 2.45) is 5.92 Å². The van der Waals surface area contributed by atoms with Gasteiger partial charge in [0.25, 0.3) is 0 Å². The largest absolute Gasteiger partial charge is 0.300 e. The molecule has 0 unspecified atom stereocenters. The summed E-state index contributed by atoms with van der Waals surface area (Å²) >= 11 is 5.36. The van der Waals surface area contributed by atoms with Crippen LogP contribution in [0.1, 0.15) is 38.5 Å². The summed E-state index contributed by atoms with van der Waals surface area (Å²) in [6.45, 7) is 0.949. The SMILES string of the molecule is S=c1[nH]nc(-c2cccnc2)n1CCC1CCCCC1. The minimum atomic E-state index is 0.708. The van der Waals surface area contributed by atoms with Crippen LogP contribution in [0.2, 0.25) is 0 Å². The van der Waals surface area contributed by atoms with E-state index in [-0.39, 0.29) is 0 Å². The molecule has 0 bridgehead atoms. The predicted octanol–water partition coefficient (Wildman–Crippen LogP) is 3.97. The van der Waals surface area contributed by atoms with Crippen LogP contribution in [0.25, 0.3) is 11.4 Å². The minimum Gasteiger partial charge on any atom is -0.300 e. The average molecular weight is 288 g/mol. The van der Waals surface area contributed by atoms with E-state index in [2.05, 4.69) is 19.7 Å². The van der Waals surface area contributed by atoms with Crippen molar-refractivity contribution in [3.05, 3.63) is 29.3 Å². The quantitative estimate of drug-likeness (QED) is 0.866. The monoisotopic (exact) mass is 288 g/mol. The molecule has 0 spiro atoms. The molecule has 3 rings (SSSR count). The highest BCUT2D eigenvalue weighted by Gasteiger charge is 2.15. The first-order valence-corrected chi connectivity index (χ1v) is 7.81. The van der Waals surface area contributed by atoms with Gasteiger partial charge in [0.1, 0.15) is 0 Å². The van der Waals surface area contributed by atoms with Crippen LogP contribution in [0.15, 0.2) is 24.5 Å². The molecule has 4 nitrogen and oxygen atoms in total. The molecule has 1 N–H and O–H groups in total. The van der Waals surface area contributed by atoms with E-state index in [9.17, 15) is 0 Å². The van der Waals surface area contributed by atoms with Gasteiger partial charge in [0, 0.05) is 24.5 Å². The van der Waals surface area contributed by atoms with Gasteiger partial charge in [-0.15, -0.1) is 0 Å². The lowest BCUT2D eigenvalue weighted by atomic mass is 9.87. The van der Waals surface area contributed by atoms with Crippen molar-refractivity contribution in [3.8, 4) is 11.4 Å². The molecule has 0 saturated heterocycles. The second kappa shape index (κ2) is 6.31. The maximum Gasteiger partial charge on any atom is 0.195 e. The zero-order valence-electron chi connectivity index (χ0n) is 11.6. The van der Waals surface area contributed by atoms with E-state index in [0.29, 0.717) is 4.77 Å². The molecular weight excluding hydrogens is 268 g/mol. The Morgan fingerprint density at radius 2 is 2.15 bits per heavy atom. The summed E-state index contributed by atoms with van der Waals surface area (Å²) in [5, 5.41) is 7.27. The van der Waals surface area contributed by atoms with Crippen LogP contribution in [-0.2, 0) is 6.54 Å². The number of pyridine rings is 1. The molecule has 2 aromatic heterocycles. The molecule has 0 atom stereocenters. The molecule has 0 radical (unpaired) electrons. The van der Waals surface area contributed by atoms with Gasteiger partial charge in [0.15, 0.2) is 10.6 Å². The molecule has 0 aliphatic heterocycles. The number of H-pyrrole nitrogens is 1. The van der Waals surface area contributed by atoms with Crippen LogP contribution in [0.4, 0.5) is 0 Å². The number of nitrogens with zero attached hydrogens (tertiary/aromatic N) is 3. The summed E-state index contributed by atoms with van der Waals surface area (Å²) in [7, 11) is 0. The van der Waals surface area contributed by atoms with Crippen molar-refractivity contribution in [3.63, 3.8) is 0 Å². The van der Waals surface area contributed by atoms with Crippen LogP contribution < -0.4 is 0 Å². The first kappa shape index (κ1) is 13.5. The molecule has 5 heteroatoms. The van der Waals surface area contributed by atoms with Gasteiger partial charge in [-0.05, 0) is 36.7 Å². The van der Waals surface area contributed by atoms with Crippen molar-refractivity contribution in [2.75, 3.05) is 0 Å². The van der Waals surface area contributed by atoms with E-state index in [0.717, 1.165) is 23.9 Å². The van der Waals surface area contributed by atoms with Gasteiger partial charge >= 0.3 is 0 Å². The first-order chi connectivity index (χ1) is 9.84. The van der Waals surface area contributed by atoms with Gasteiger partial charge in [-0.1, -0.05) is 32.1 Å². The highest BCUT2D eigenvalue weighted by Crippen LogP contribution is 2.27. The molecule has 106 valence electrons. The van der Waals surface area contributed by atoms with Crippen LogP contribution in [0.5, 0.6) is 0 Å². The normalized spacial score (nSPS) is 16.4. The van der Waals surface area contributed by atoms with E-state index in [1.807, 2.05) is 18.3 Å². The first-order valence-electron chi connectivity index (χ1n) is 7.40. The lowest BCUT2D eigenvalue weighted by Gasteiger charge is -2.21. The van der Waals surface area contributed by atoms with Crippen molar-refractivity contribution in [2.45, 2.75) is 45.1 Å². The van der Waals surface area contributed by atoms with Crippen LogP contribution in [0, 0.1) is 10.7 Å². The molecule has 1 aliphatic rings. The second-order valence-electron chi connectivity index (χ2n) is 5.54. The third kappa shape index (κ3) is 2.98. The lowest BCUT2D eigenvalue weighted by Crippen LogP contribution is -2.11. The van der Waals surface area contributed by atoms with Crippen molar-refractivity contribution >= 4 is 12.2 Å². The molecule has 0 amide bonds. The Bertz CT molecular complexity index is 596. The number of nitrogens with one attached hydrogen (secondary N) is 1. The number of hydrogen-bond donors (Lipinski definition) is 1. The highest BCUT2D eigenvalue weighted by atomic mass is 32.1. The molecule has 2 heterocycles. The standard InChI is InChI=1S/C15H20N4S/c20-15-18-17-14(13-7-4-9-16-11-13)19(15)10-8-12-5-2-1-3-6-12/h4,7,9,11-12H,1-3,5-6,8,10H2,(H,18,20). The summed E-state index contributed by atoms with van der Waals surface area (Å²) in [6.07, 6.45) is 11.7. The topological polar surface area (TPSA) is 46.5 Å². The van der Waals surface area contributed by atoms with Gasteiger partial charge in [0.05, 0.1) is 0 Å². The number of aromatic amines is 1. The highest BCUT2D eigenvalue weighted by molar-refractivity contribution is 7.71. The van der Waals surface area contributed by atoms with E-state index in [1.165, 1.54) is 38.5 Å². The molecule has 2 aromatic rings. The summed E-state index contributed by atoms with van der Waals surface area (Å²) in [6, 6.07) is 3.95. The maximum absolute atomic E-state index is 5.36. The summed E-state index contributed by atoms with van der Waals surface area (Å²) in [4.78, 5) is 4.16. The Labute approximate surface area is 124 Å². The van der Waals surface area contributed by atoms with Crippen LogP contribution in [-0.4, -0.2) is 19.7 Å². The molecule has 1 fully saturated rings. The van der Waals surface area contributed by atoms with Gasteiger partial charge in [0.2, 0.25) is 0 Å². The molecule has 0 aromatic carbocycles. The van der Waals surface area contributed by atoms with Gasteiger partial charge < -0.3 is 4.57 Å². The summed E-state index contributed by atoms with van der Waals surface area (Å²) in [5.41, 5.74) is 1.02. The van der Waals surface area contributed by atoms with Crippen molar-refractivity contribution < 1.29 is 0 Å². The third-order valence-electron chi connectivity index (χ3n) is 4.16. The zero-order valence-corrected chi connectivity index (χ0v) is 12.4. The fourth-order valence-corrected chi connectivity index (χ4v) is 3.25. The maximum atomic E-state index is 5.36. The fourth-order valence-electron chi connectivity index (χ4n) is 3.03. The van der Waals surface area contributed by atoms with Crippen molar-refractivity contribution in [1.82, 2.24) is 19.7 Å². The Kier molecular flexibility index (Phi) is 4.25. The summed E-state index contributed by atoms with van der Waals surface area (Å²) in [5.74, 6) is 1.75. The van der Waals surface area contributed by atoms with E-state index in [1.54, 1.807) is 6.20 Å². The second-order valence-corrected chi connectivity index (χ2v) is 5.93. The number of hydrogen-bond acceptors (Lipinski definition) is 3. The molecule has 1 saturated carbocycles. The zero-order chi connectivity index (χ0) is 13.8. The molecule has 20 heavy (non-hydrogen) atoms. The smallest absolute Gasteiger partial charge is 0.195 e. The van der Waals surface area contributed by atoms with Crippen LogP contribution in [0.3, 0.4) is 0 Å². The third-order valence-corrected chi connectivity index (χ3v) is 4.48. The molecule has 1 aliphatic carbocycles. The average Bonchev–Trinajstić information content (AvgIpc) is 2.88. The van der Waals surface area contributed by atoms with Gasteiger partial charge in [-0.3, -0.25) is 10.1 Å².